The first kappa shape index (κ1) is 13.5. The summed E-state index contributed by atoms with van der Waals surface area (Å²) < 4.78 is 10.4. The highest BCUT2D eigenvalue weighted by molar-refractivity contribution is 5.80. The molecule has 0 aromatic rings. The van der Waals surface area contributed by atoms with Gasteiger partial charge in [-0.2, -0.15) is 0 Å². The van der Waals surface area contributed by atoms with Crippen LogP contribution in [0, 0.1) is 5.92 Å². The Morgan fingerprint density at radius 2 is 2.25 bits per heavy atom. The van der Waals surface area contributed by atoms with Gasteiger partial charge in [0.1, 0.15) is 5.54 Å². The molecule has 94 valence electrons. The van der Waals surface area contributed by atoms with Crippen LogP contribution in [0.3, 0.4) is 0 Å². The van der Waals surface area contributed by atoms with Crippen LogP contribution in [0.2, 0.25) is 0 Å². The molecule has 0 heterocycles. The number of hydrogen-bond donors (Lipinski definition) is 1. The summed E-state index contributed by atoms with van der Waals surface area (Å²) in [6, 6.07) is 0. The predicted octanol–water partition coefficient (Wildman–Crippen LogP) is 1.47. The quantitative estimate of drug-likeness (QED) is 0.725. The summed E-state index contributed by atoms with van der Waals surface area (Å²) in [7, 11) is 1.38. The van der Waals surface area contributed by atoms with Crippen molar-refractivity contribution in [1.29, 1.82) is 0 Å². The Morgan fingerprint density at radius 1 is 1.56 bits per heavy atom. The fourth-order valence-corrected chi connectivity index (χ4v) is 2.03. The highest BCUT2D eigenvalue weighted by Crippen LogP contribution is 2.31. The average Bonchev–Trinajstić information content (AvgIpc) is 2.60. The smallest absolute Gasteiger partial charge is 0.325 e. The molecular formula is C12H23NO3. The van der Waals surface area contributed by atoms with Gasteiger partial charge in [0.2, 0.25) is 0 Å². The Morgan fingerprint density at radius 3 is 2.81 bits per heavy atom. The second-order valence-electron chi connectivity index (χ2n) is 5.07. The van der Waals surface area contributed by atoms with E-state index >= 15 is 0 Å². The molecule has 0 amide bonds. The molecule has 0 spiro atoms. The van der Waals surface area contributed by atoms with E-state index in [1.807, 2.05) is 0 Å². The van der Waals surface area contributed by atoms with Crippen LogP contribution in [0.15, 0.2) is 0 Å². The molecule has 2 unspecified atom stereocenters. The maximum absolute atomic E-state index is 11.5. The van der Waals surface area contributed by atoms with Crippen LogP contribution in [-0.4, -0.2) is 31.3 Å². The van der Waals surface area contributed by atoms with Gasteiger partial charge in [-0.05, 0) is 25.2 Å². The van der Waals surface area contributed by atoms with Gasteiger partial charge in [0.15, 0.2) is 0 Å². The van der Waals surface area contributed by atoms with Crippen molar-refractivity contribution in [2.45, 2.75) is 51.2 Å². The molecule has 4 nitrogen and oxygen atoms in total. The van der Waals surface area contributed by atoms with Gasteiger partial charge in [-0.1, -0.05) is 13.8 Å². The Labute approximate surface area is 97.5 Å². The summed E-state index contributed by atoms with van der Waals surface area (Å²) in [4.78, 5) is 11.5. The van der Waals surface area contributed by atoms with Crippen LogP contribution >= 0.6 is 0 Å². The number of rotatable bonds is 5. The minimum atomic E-state index is -0.822. The van der Waals surface area contributed by atoms with Gasteiger partial charge >= 0.3 is 5.97 Å². The minimum absolute atomic E-state index is 0.114. The lowest BCUT2D eigenvalue weighted by atomic mass is 10.00. The lowest BCUT2D eigenvalue weighted by Crippen LogP contribution is -2.46. The fraction of sp³-hybridized carbons (Fsp3) is 0.917. The number of esters is 1. The second-order valence-corrected chi connectivity index (χ2v) is 5.07. The lowest BCUT2D eigenvalue weighted by Gasteiger charge is -2.20. The third-order valence-electron chi connectivity index (χ3n) is 3.15. The number of nitrogens with two attached hydrogens (primary N) is 1. The van der Waals surface area contributed by atoms with Crippen molar-refractivity contribution in [3.63, 3.8) is 0 Å². The van der Waals surface area contributed by atoms with E-state index in [1.54, 1.807) is 0 Å². The molecule has 1 rings (SSSR count). The fourth-order valence-electron chi connectivity index (χ4n) is 2.03. The van der Waals surface area contributed by atoms with E-state index < -0.39 is 5.54 Å². The highest BCUT2D eigenvalue weighted by Gasteiger charge is 2.43. The Hall–Kier alpha value is -0.610. The summed E-state index contributed by atoms with van der Waals surface area (Å²) >= 11 is 0. The van der Waals surface area contributed by atoms with Crippen LogP contribution in [0.5, 0.6) is 0 Å². The molecule has 1 saturated carbocycles. The molecule has 2 N–H and O–H groups in total. The zero-order valence-electron chi connectivity index (χ0n) is 10.5. The van der Waals surface area contributed by atoms with Crippen molar-refractivity contribution < 1.29 is 14.3 Å². The van der Waals surface area contributed by atoms with Gasteiger partial charge in [0.25, 0.3) is 0 Å². The van der Waals surface area contributed by atoms with Gasteiger partial charge in [-0.15, -0.1) is 0 Å². The van der Waals surface area contributed by atoms with Crippen molar-refractivity contribution in [3.05, 3.63) is 0 Å². The molecule has 1 fully saturated rings. The van der Waals surface area contributed by atoms with E-state index in [-0.39, 0.29) is 12.1 Å². The number of hydrogen-bond acceptors (Lipinski definition) is 4. The summed E-state index contributed by atoms with van der Waals surface area (Å²) in [5, 5.41) is 0. The first-order valence-corrected chi connectivity index (χ1v) is 5.97. The molecule has 1 aliphatic rings. The molecule has 0 bridgehead atoms. The van der Waals surface area contributed by atoms with Gasteiger partial charge < -0.3 is 15.2 Å². The van der Waals surface area contributed by atoms with Crippen molar-refractivity contribution >= 4 is 5.97 Å². The summed E-state index contributed by atoms with van der Waals surface area (Å²) in [5.41, 5.74) is 5.16. The van der Waals surface area contributed by atoms with Gasteiger partial charge in [-0.3, -0.25) is 4.79 Å². The van der Waals surface area contributed by atoms with Gasteiger partial charge in [0, 0.05) is 13.0 Å². The maximum Gasteiger partial charge on any atom is 0.325 e. The van der Waals surface area contributed by atoms with Crippen molar-refractivity contribution in [1.82, 2.24) is 0 Å². The molecule has 0 aliphatic heterocycles. The van der Waals surface area contributed by atoms with Crippen LogP contribution < -0.4 is 5.73 Å². The first-order chi connectivity index (χ1) is 7.48. The summed E-state index contributed by atoms with van der Waals surface area (Å²) in [6.45, 7) is 5.08. The number of methoxy groups -OCH3 is 1. The lowest BCUT2D eigenvalue weighted by molar-refractivity contribution is -0.147. The Balaban J connectivity index is 2.32. The third-order valence-corrected chi connectivity index (χ3v) is 3.15. The Kier molecular flexibility index (Phi) is 4.74. The third kappa shape index (κ3) is 3.46. The summed E-state index contributed by atoms with van der Waals surface area (Å²) in [5.74, 6) is 0.326. The predicted molar refractivity (Wildman–Crippen MR) is 62.0 cm³/mol. The maximum atomic E-state index is 11.5. The van der Waals surface area contributed by atoms with Crippen molar-refractivity contribution in [3.8, 4) is 0 Å². The van der Waals surface area contributed by atoms with E-state index in [4.69, 9.17) is 15.2 Å². The molecule has 0 radical (unpaired) electrons. The average molecular weight is 229 g/mol. The van der Waals surface area contributed by atoms with Crippen molar-refractivity contribution in [2.75, 3.05) is 13.7 Å². The van der Waals surface area contributed by atoms with E-state index in [9.17, 15) is 4.79 Å². The minimum Gasteiger partial charge on any atom is -0.468 e. The zero-order chi connectivity index (χ0) is 12.2. The number of carbonyl (C=O) groups excluding carboxylic acids is 1. The molecule has 0 aromatic heterocycles. The van der Waals surface area contributed by atoms with E-state index in [0.29, 0.717) is 18.8 Å². The number of ether oxygens (including phenoxy) is 2. The second kappa shape index (κ2) is 5.64. The van der Waals surface area contributed by atoms with Gasteiger partial charge in [-0.25, -0.2) is 0 Å². The van der Waals surface area contributed by atoms with Crippen LogP contribution in [0.4, 0.5) is 0 Å². The van der Waals surface area contributed by atoms with Gasteiger partial charge in [0.05, 0.1) is 13.2 Å². The van der Waals surface area contributed by atoms with E-state index in [0.717, 1.165) is 19.4 Å². The van der Waals surface area contributed by atoms with Crippen LogP contribution in [0.25, 0.3) is 0 Å². The molecule has 16 heavy (non-hydrogen) atoms. The molecular weight excluding hydrogens is 206 g/mol. The molecule has 4 heteroatoms. The zero-order valence-corrected chi connectivity index (χ0v) is 10.5. The molecule has 1 aliphatic carbocycles. The monoisotopic (exact) mass is 229 g/mol. The van der Waals surface area contributed by atoms with E-state index in [2.05, 4.69) is 13.8 Å². The highest BCUT2D eigenvalue weighted by atomic mass is 16.5. The Bertz CT molecular complexity index is 242. The summed E-state index contributed by atoms with van der Waals surface area (Å²) in [6.07, 6.45) is 3.25. The standard InChI is InChI=1S/C12H23NO3/c1-9(2)5-7-16-10-4-6-12(13,8-10)11(14)15-3/h9-10H,4-8,13H2,1-3H3. The molecule has 0 aromatic carbocycles. The van der Waals surface area contributed by atoms with Crippen molar-refractivity contribution in [2.24, 2.45) is 11.7 Å². The number of carbonyl (C=O) groups is 1. The normalized spacial score (nSPS) is 29.7. The van der Waals surface area contributed by atoms with Crippen LogP contribution in [-0.2, 0) is 14.3 Å². The topological polar surface area (TPSA) is 61.5 Å². The SMILES string of the molecule is COC(=O)C1(N)CCC(OCCC(C)C)C1. The first-order valence-electron chi connectivity index (χ1n) is 5.97. The molecule has 2 atom stereocenters. The largest absolute Gasteiger partial charge is 0.468 e. The molecule has 0 saturated heterocycles. The van der Waals surface area contributed by atoms with E-state index in [1.165, 1.54) is 7.11 Å². The van der Waals surface area contributed by atoms with Crippen LogP contribution in [0.1, 0.15) is 39.5 Å².